The molecule has 0 amide bonds. The van der Waals surface area contributed by atoms with Crippen LogP contribution in [0, 0.1) is 16.0 Å². The van der Waals surface area contributed by atoms with Crippen molar-refractivity contribution in [2.75, 3.05) is 0 Å². The SMILES string of the molecule is O=C(On1c(O)ccc1O)C1CC1c1cccc([N+](=O)[O-])c1. The molecule has 2 N–H and O–H groups in total. The van der Waals surface area contributed by atoms with Gasteiger partial charge in [-0.25, -0.2) is 4.79 Å². The molecule has 1 aliphatic rings. The summed E-state index contributed by atoms with van der Waals surface area (Å²) in [5, 5.41) is 29.6. The van der Waals surface area contributed by atoms with Crippen LogP contribution in [0.1, 0.15) is 17.9 Å². The van der Waals surface area contributed by atoms with Crippen molar-refractivity contribution in [3.05, 3.63) is 52.1 Å². The molecule has 1 heterocycles. The van der Waals surface area contributed by atoms with Crippen LogP contribution in [0.3, 0.4) is 0 Å². The molecule has 1 aromatic carbocycles. The zero-order valence-electron chi connectivity index (χ0n) is 11.2. The molecule has 8 heteroatoms. The van der Waals surface area contributed by atoms with Gasteiger partial charge in [0, 0.05) is 24.3 Å². The third kappa shape index (κ3) is 2.46. The number of benzene rings is 1. The molecule has 22 heavy (non-hydrogen) atoms. The average molecular weight is 304 g/mol. The fourth-order valence-electron chi connectivity index (χ4n) is 2.35. The number of nitro benzene ring substituents is 1. The second-order valence-electron chi connectivity index (χ2n) is 5.06. The number of hydrogen-bond acceptors (Lipinski definition) is 6. The number of nitrogens with zero attached hydrogens (tertiary/aromatic N) is 2. The molecule has 3 rings (SSSR count). The van der Waals surface area contributed by atoms with Gasteiger partial charge < -0.3 is 15.1 Å². The highest BCUT2D eigenvalue weighted by Crippen LogP contribution is 2.48. The molecule has 1 aliphatic carbocycles. The van der Waals surface area contributed by atoms with Gasteiger partial charge in [0.05, 0.1) is 10.8 Å². The monoisotopic (exact) mass is 304 g/mol. The Morgan fingerprint density at radius 1 is 1.27 bits per heavy atom. The van der Waals surface area contributed by atoms with E-state index in [9.17, 15) is 25.1 Å². The van der Waals surface area contributed by atoms with E-state index in [-0.39, 0.29) is 11.6 Å². The Bertz CT molecular complexity index is 734. The molecule has 1 saturated carbocycles. The number of hydrogen-bond donors (Lipinski definition) is 2. The van der Waals surface area contributed by atoms with Gasteiger partial charge in [0.15, 0.2) is 0 Å². The standard InChI is InChI=1S/C14H12N2O6/c17-12-4-5-13(18)15(12)22-14(19)11-7-10(11)8-2-1-3-9(6-8)16(20)21/h1-6,10-11,17-18H,7H2. The van der Waals surface area contributed by atoms with Crippen molar-refractivity contribution < 1.29 is 24.8 Å². The second-order valence-corrected chi connectivity index (χ2v) is 5.06. The molecule has 0 saturated heterocycles. The highest BCUT2D eigenvalue weighted by Gasteiger charge is 2.46. The van der Waals surface area contributed by atoms with E-state index in [4.69, 9.17) is 4.84 Å². The molecule has 1 aromatic heterocycles. The molecule has 2 atom stereocenters. The molecule has 0 aliphatic heterocycles. The summed E-state index contributed by atoms with van der Waals surface area (Å²) in [7, 11) is 0. The lowest BCUT2D eigenvalue weighted by atomic mass is 10.1. The van der Waals surface area contributed by atoms with E-state index in [1.165, 1.54) is 24.3 Å². The maximum absolute atomic E-state index is 12.0. The highest BCUT2D eigenvalue weighted by atomic mass is 16.7. The summed E-state index contributed by atoms with van der Waals surface area (Å²) in [6.45, 7) is 0. The maximum Gasteiger partial charge on any atom is 0.336 e. The Morgan fingerprint density at radius 2 is 1.95 bits per heavy atom. The fourth-order valence-corrected chi connectivity index (χ4v) is 2.35. The van der Waals surface area contributed by atoms with Gasteiger partial charge in [0.25, 0.3) is 5.69 Å². The average Bonchev–Trinajstić information content (AvgIpc) is 3.24. The summed E-state index contributed by atoms with van der Waals surface area (Å²) in [4.78, 5) is 27.2. The largest absolute Gasteiger partial charge is 0.492 e. The molecule has 1 fully saturated rings. The lowest BCUT2D eigenvalue weighted by molar-refractivity contribution is -0.384. The Kier molecular flexibility index (Phi) is 3.21. The summed E-state index contributed by atoms with van der Waals surface area (Å²) in [5.41, 5.74) is 0.661. The molecule has 114 valence electrons. The second kappa shape index (κ2) is 5.06. The predicted molar refractivity (Wildman–Crippen MR) is 73.3 cm³/mol. The smallest absolute Gasteiger partial charge is 0.336 e. The number of aromatic hydroxyl groups is 2. The van der Waals surface area contributed by atoms with Gasteiger partial charge in [-0.3, -0.25) is 10.1 Å². The van der Waals surface area contributed by atoms with Crippen LogP contribution in [-0.4, -0.2) is 25.8 Å². The van der Waals surface area contributed by atoms with Crippen LogP contribution in [0.4, 0.5) is 5.69 Å². The van der Waals surface area contributed by atoms with E-state index in [0.29, 0.717) is 16.7 Å². The normalized spacial score (nSPS) is 19.6. The van der Waals surface area contributed by atoms with Gasteiger partial charge in [-0.05, 0) is 17.9 Å². The van der Waals surface area contributed by atoms with Crippen molar-refractivity contribution in [2.45, 2.75) is 12.3 Å². The van der Waals surface area contributed by atoms with Crippen molar-refractivity contribution >= 4 is 11.7 Å². The Balaban J connectivity index is 1.70. The highest BCUT2D eigenvalue weighted by molar-refractivity contribution is 5.78. The van der Waals surface area contributed by atoms with Crippen LogP contribution in [0.15, 0.2) is 36.4 Å². The first kappa shape index (κ1) is 13.9. The van der Waals surface area contributed by atoms with E-state index >= 15 is 0 Å². The molecule has 0 radical (unpaired) electrons. The summed E-state index contributed by atoms with van der Waals surface area (Å²) in [6, 6.07) is 8.48. The van der Waals surface area contributed by atoms with Crippen LogP contribution in [-0.2, 0) is 4.79 Å². The maximum atomic E-state index is 12.0. The van der Waals surface area contributed by atoms with E-state index in [1.807, 2.05) is 0 Å². The first-order valence-electron chi connectivity index (χ1n) is 6.53. The summed E-state index contributed by atoms with van der Waals surface area (Å²) >= 11 is 0. The number of non-ortho nitro benzene ring substituents is 1. The molecular weight excluding hydrogens is 292 g/mol. The van der Waals surface area contributed by atoms with Crippen molar-refractivity contribution in [1.29, 1.82) is 0 Å². The number of nitro groups is 1. The summed E-state index contributed by atoms with van der Waals surface area (Å²) in [6.07, 6.45) is 0.503. The lowest BCUT2D eigenvalue weighted by Crippen LogP contribution is -2.21. The summed E-state index contributed by atoms with van der Waals surface area (Å²) < 4.78 is 0.630. The zero-order valence-corrected chi connectivity index (χ0v) is 11.2. The fraction of sp³-hybridized carbons (Fsp3) is 0.214. The van der Waals surface area contributed by atoms with Crippen molar-refractivity contribution in [3.63, 3.8) is 0 Å². The van der Waals surface area contributed by atoms with E-state index in [0.717, 1.165) is 0 Å². The minimum Gasteiger partial charge on any atom is -0.492 e. The number of aromatic nitrogens is 1. The van der Waals surface area contributed by atoms with E-state index in [2.05, 4.69) is 0 Å². The quantitative estimate of drug-likeness (QED) is 0.654. The topological polar surface area (TPSA) is 115 Å². The van der Waals surface area contributed by atoms with Crippen molar-refractivity contribution in [3.8, 4) is 11.8 Å². The minimum atomic E-state index is -0.613. The van der Waals surface area contributed by atoms with Gasteiger partial charge in [0.2, 0.25) is 11.8 Å². The van der Waals surface area contributed by atoms with Gasteiger partial charge in [-0.15, -0.1) is 4.73 Å². The number of carbonyl (C=O) groups is 1. The number of rotatable bonds is 4. The third-order valence-electron chi connectivity index (χ3n) is 3.58. The first-order chi connectivity index (χ1) is 10.5. The van der Waals surface area contributed by atoms with Crippen molar-refractivity contribution in [1.82, 2.24) is 4.73 Å². The van der Waals surface area contributed by atoms with Gasteiger partial charge in [0.1, 0.15) is 0 Å². The first-order valence-corrected chi connectivity index (χ1v) is 6.53. The molecular formula is C14H12N2O6. The third-order valence-corrected chi connectivity index (χ3v) is 3.58. The Hall–Kier alpha value is -3.03. The molecule has 8 nitrogen and oxygen atoms in total. The van der Waals surface area contributed by atoms with Crippen LogP contribution >= 0.6 is 0 Å². The zero-order chi connectivity index (χ0) is 15.9. The lowest BCUT2D eigenvalue weighted by Gasteiger charge is -2.06. The van der Waals surface area contributed by atoms with Crippen LogP contribution in [0.5, 0.6) is 11.8 Å². The Morgan fingerprint density at radius 3 is 2.59 bits per heavy atom. The molecule has 2 aromatic rings. The number of carbonyl (C=O) groups excluding carboxylic acids is 1. The van der Waals surface area contributed by atoms with Crippen LogP contribution < -0.4 is 4.84 Å². The molecule has 2 unspecified atom stereocenters. The van der Waals surface area contributed by atoms with Gasteiger partial charge >= 0.3 is 5.97 Å². The van der Waals surface area contributed by atoms with Crippen molar-refractivity contribution in [2.24, 2.45) is 5.92 Å². The van der Waals surface area contributed by atoms with Gasteiger partial charge in [-0.2, -0.15) is 0 Å². The van der Waals surface area contributed by atoms with Gasteiger partial charge in [-0.1, -0.05) is 12.1 Å². The van der Waals surface area contributed by atoms with E-state index in [1.54, 1.807) is 12.1 Å². The predicted octanol–water partition coefficient (Wildman–Crippen LogP) is 1.57. The molecule has 0 bridgehead atoms. The minimum absolute atomic E-state index is 0.0304. The summed E-state index contributed by atoms with van der Waals surface area (Å²) in [5.74, 6) is -2.01. The molecule has 0 spiro atoms. The van der Waals surface area contributed by atoms with E-state index < -0.39 is 28.6 Å². The van der Waals surface area contributed by atoms with Crippen LogP contribution in [0.2, 0.25) is 0 Å². The Labute approximate surface area is 124 Å². The van der Waals surface area contributed by atoms with Crippen LogP contribution in [0.25, 0.3) is 0 Å².